The second kappa shape index (κ2) is 7.87. The van der Waals surface area contributed by atoms with Crippen LogP contribution in [0.25, 0.3) is 0 Å². The minimum atomic E-state index is -0.204. The zero-order valence-electron chi connectivity index (χ0n) is 13.4. The van der Waals surface area contributed by atoms with Crippen LogP contribution in [0.1, 0.15) is 17.4 Å². The maximum Gasteiger partial charge on any atom is 0.171 e. The summed E-state index contributed by atoms with van der Waals surface area (Å²) >= 11 is 17.4. The normalized spacial score (nSPS) is 11.8. The second-order valence-corrected chi connectivity index (χ2v) is 6.77. The largest absolute Gasteiger partial charge is 0.348 e. The van der Waals surface area contributed by atoms with Gasteiger partial charge in [-0.15, -0.1) is 0 Å². The maximum absolute atomic E-state index is 6.01. The van der Waals surface area contributed by atoms with Gasteiger partial charge >= 0.3 is 0 Å². The van der Waals surface area contributed by atoms with Gasteiger partial charge in [0.2, 0.25) is 0 Å². The van der Waals surface area contributed by atoms with Gasteiger partial charge in [0.15, 0.2) is 5.11 Å². The summed E-state index contributed by atoms with van der Waals surface area (Å²) in [5.74, 6) is 0.850. The van der Waals surface area contributed by atoms with E-state index in [9.17, 15) is 0 Å². The van der Waals surface area contributed by atoms with Crippen LogP contribution in [-0.4, -0.2) is 14.7 Å². The first-order valence-corrected chi connectivity index (χ1v) is 8.75. The second-order valence-electron chi connectivity index (χ2n) is 5.49. The molecule has 1 heterocycles. The molecule has 1 aromatic heterocycles. The molecule has 0 saturated heterocycles. The highest BCUT2D eigenvalue weighted by Gasteiger charge is 2.19. The molecule has 0 aliphatic rings. The van der Waals surface area contributed by atoms with E-state index >= 15 is 0 Å². The fraction of sp³-hybridized carbons (Fsp3) is 0.111. The monoisotopic (exact) mass is 390 g/mol. The molecule has 1 atom stereocenters. The van der Waals surface area contributed by atoms with Gasteiger partial charge < -0.3 is 15.2 Å². The summed E-state index contributed by atoms with van der Waals surface area (Å²) in [5.41, 5.74) is 1.87. The van der Waals surface area contributed by atoms with E-state index in [1.807, 2.05) is 66.3 Å². The van der Waals surface area contributed by atoms with Gasteiger partial charge in [0.1, 0.15) is 11.9 Å². The van der Waals surface area contributed by atoms with Gasteiger partial charge in [-0.25, -0.2) is 4.98 Å². The quantitative estimate of drug-likeness (QED) is 0.627. The summed E-state index contributed by atoms with van der Waals surface area (Å²) in [6.07, 6.45) is 3.66. The summed E-state index contributed by atoms with van der Waals surface area (Å²) in [6.45, 7) is 0. The molecule has 4 nitrogen and oxygen atoms in total. The molecule has 0 saturated carbocycles. The number of imidazole rings is 1. The van der Waals surface area contributed by atoms with E-state index in [1.165, 1.54) is 0 Å². The number of thiocarbonyl (C=S) groups is 1. The number of halogens is 2. The van der Waals surface area contributed by atoms with Crippen molar-refractivity contribution in [3.63, 3.8) is 0 Å². The standard InChI is InChI=1S/C18H16Cl2N4S/c1-24-11-10-21-17(24)16(12-2-4-13(19)5-3-12)23-18(25)22-15-8-6-14(20)7-9-15/h2-11,16H,1H3,(H2,22,23,25)/t16-/m1/s1. The lowest BCUT2D eigenvalue weighted by atomic mass is 10.1. The van der Waals surface area contributed by atoms with Crippen molar-refractivity contribution in [3.8, 4) is 0 Å². The Kier molecular flexibility index (Phi) is 5.58. The molecule has 7 heteroatoms. The highest BCUT2D eigenvalue weighted by atomic mass is 35.5. The van der Waals surface area contributed by atoms with Crippen molar-refractivity contribution in [2.45, 2.75) is 6.04 Å². The Bertz CT molecular complexity index is 860. The molecule has 3 rings (SSSR count). The Balaban J connectivity index is 1.82. The number of hydrogen-bond acceptors (Lipinski definition) is 2. The first-order valence-electron chi connectivity index (χ1n) is 7.59. The predicted octanol–water partition coefficient (Wildman–Crippen LogP) is 4.80. The first-order chi connectivity index (χ1) is 12.0. The van der Waals surface area contributed by atoms with Gasteiger partial charge in [-0.05, 0) is 54.2 Å². The summed E-state index contributed by atoms with van der Waals surface area (Å²) in [7, 11) is 1.95. The molecule has 0 spiro atoms. The van der Waals surface area contributed by atoms with Gasteiger partial charge in [-0.2, -0.15) is 0 Å². The molecule has 128 valence electrons. The third-order valence-corrected chi connectivity index (χ3v) is 4.42. The average Bonchev–Trinajstić information content (AvgIpc) is 3.01. The van der Waals surface area contributed by atoms with E-state index in [2.05, 4.69) is 15.6 Å². The fourth-order valence-electron chi connectivity index (χ4n) is 2.44. The number of aryl methyl sites for hydroxylation is 1. The first kappa shape index (κ1) is 17.7. The Hall–Kier alpha value is -2.08. The Morgan fingerprint density at radius 3 is 2.20 bits per heavy atom. The number of anilines is 1. The van der Waals surface area contributed by atoms with Crippen LogP contribution in [0, 0.1) is 0 Å². The van der Waals surface area contributed by atoms with Crippen molar-refractivity contribution in [2.24, 2.45) is 7.05 Å². The molecule has 25 heavy (non-hydrogen) atoms. The summed E-state index contributed by atoms with van der Waals surface area (Å²) in [5, 5.41) is 8.33. The molecule has 0 radical (unpaired) electrons. The Labute approximate surface area is 161 Å². The average molecular weight is 391 g/mol. The van der Waals surface area contributed by atoms with Gasteiger partial charge in [0.05, 0.1) is 0 Å². The summed E-state index contributed by atoms with van der Waals surface area (Å²) in [6, 6.07) is 14.8. The van der Waals surface area contributed by atoms with Crippen molar-refractivity contribution in [1.29, 1.82) is 0 Å². The Morgan fingerprint density at radius 2 is 1.64 bits per heavy atom. The topological polar surface area (TPSA) is 41.9 Å². The van der Waals surface area contributed by atoms with E-state index in [-0.39, 0.29) is 6.04 Å². The molecule has 3 aromatic rings. The number of nitrogens with one attached hydrogen (secondary N) is 2. The SMILES string of the molecule is Cn1ccnc1[C@H](NC(=S)Nc1ccc(Cl)cc1)c1ccc(Cl)cc1. The fourth-order valence-corrected chi connectivity index (χ4v) is 2.93. The van der Waals surface area contributed by atoms with E-state index < -0.39 is 0 Å². The van der Waals surface area contributed by atoms with Crippen molar-refractivity contribution >= 4 is 46.2 Å². The van der Waals surface area contributed by atoms with Gasteiger partial charge in [-0.3, -0.25) is 0 Å². The van der Waals surface area contributed by atoms with E-state index in [1.54, 1.807) is 6.20 Å². The Morgan fingerprint density at radius 1 is 1.04 bits per heavy atom. The number of nitrogens with zero attached hydrogens (tertiary/aromatic N) is 2. The predicted molar refractivity (Wildman–Crippen MR) is 107 cm³/mol. The van der Waals surface area contributed by atoms with Crippen LogP contribution < -0.4 is 10.6 Å². The molecular formula is C18H16Cl2N4S. The molecular weight excluding hydrogens is 375 g/mol. The summed E-state index contributed by atoms with van der Waals surface area (Å²) in [4.78, 5) is 4.45. The van der Waals surface area contributed by atoms with Crippen LogP contribution >= 0.6 is 35.4 Å². The van der Waals surface area contributed by atoms with Crippen LogP contribution in [0.15, 0.2) is 60.9 Å². The van der Waals surface area contributed by atoms with Gasteiger partial charge in [0.25, 0.3) is 0 Å². The molecule has 0 bridgehead atoms. The molecule has 2 aromatic carbocycles. The third kappa shape index (κ3) is 4.51. The van der Waals surface area contributed by atoms with Crippen molar-refractivity contribution < 1.29 is 0 Å². The van der Waals surface area contributed by atoms with Crippen LogP contribution in [0.2, 0.25) is 10.0 Å². The minimum absolute atomic E-state index is 0.204. The van der Waals surface area contributed by atoms with E-state index in [4.69, 9.17) is 35.4 Å². The van der Waals surface area contributed by atoms with Gasteiger partial charge in [-0.1, -0.05) is 35.3 Å². The molecule has 0 aliphatic carbocycles. The zero-order chi connectivity index (χ0) is 17.8. The van der Waals surface area contributed by atoms with E-state index in [0.29, 0.717) is 15.2 Å². The van der Waals surface area contributed by atoms with Crippen molar-refractivity contribution in [1.82, 2.24) is 14.9 Å². The summed E-state index contributed by atoms with van der Waals surface area (Å²) < 4.78 is 1.96. The molecule has 0 amide bonds. The number of benzene rings is 2. The van der Waals surface area contributed by atoms with Crippen molar-refractivity contribution in [2.75, 3.05) is 5.32 Å². The molecule has 2 N–H and O–H groups in total. The third-order valence-electron chi connectivity index (χ3n) is 3.70. The maximum atomic E-state index is 6.01. The van der Waals surface area contributed by atoms with Crippen LogP contribution in [0.4, 0.5) is 5.69 Å². The minimum Gasteiger partial charge on any atom is -0.348 e. The van der Waals surface area contributed by atoms with Crippen LogP contribution in [0.3, 0.4) is 0 Å². The lowest BCUT2D eigenvalue weighted by Gasteiger charge is -2.21. The zero-order valence-corrected chi connectivity index (χ0v) is 15.7. The highest BCUT2D eigenvalue weighted by Crippen LogP contribution is 2.22. The number of rotatable bonds is 4. The molecule has 0 unspecified atom stereocenters. The van der Waals surface area contributed by atoms with Crippen LogP contribution in [-0.2, 0) is 7.05 Å². The highest BCUT2D eigenvalue weighted by molar-refractivity contribution is 7.80. The lowest BCUT2D eigenvalue weighted by Crippen LogP contribution is -2.34. The molecule has 0 fully saturated rings. The molecule has 0 aliphatic heterocycles. The smallest absolute Gasteiger partial charge is 0.171 e. The van der Waals surface area contributed by atoms with Gasteiger partial charge in [0, 0.05) is 35.2 Å². The van der Waals surface area contributed by atoms with Crippen LogP contribution in [0.5, 0.6) is 0 Å². The number of aromatic nitrogens is 2. The van der Waals surface area contributed by atoms with E-state index in [0.717, 1.165) is 17.1 Å². The number of hydrogen-bond donors (Lipinski definition) is 2. The van der Waals surface area contributed by atoms with Crippen molar-refractivity contribution in [3.05, 3.63) is 82.4 Å². The lowest BCUT2D eigenvalue weighted by molar-refractivity contribution is 0.664.